The van der Waals surface area contributed by atoms with Gasteiger partial charge in [-0.3, -0.25) is 0 Å². The second kappa shape index (κ2) is 6.28. The molecule has 4 heteroatoms. The molecule has 1 saturated carbocycles. The number of nitrogens with zero attached hydrogens (tertiary/aromatic N) is 1. The van der Waals surface area contributed by atoms with Gasteiger partial charge < -0.3 is 15.8 Å². The second-order valence-electron chi connectivity index (χ2n) is 4.73. The predicted molar refractivity (Wildman–Crippen MR) is 73.7 cm³/mol. The van der Waals surface area contributed by atoms with E-state index in [9.17, 15) is 0 Å². The molecule has 0 saturated heterocycles. The van der Waals surface area contributed by atoms with Crippen molar-refractivity contribution in [3.8, 4) is 5.75 Å². The van der Waals surface area contributed by atoms with E-state index in [2.05, 4.69) is 10.3 Å². The Labute approximate surface area is 108 Å². The first-order chi connectivity index (χ1) is 8.78. The van der Waals surface area contributed by atoms with Crippen molar-refractivity contribution in [1.82, 2.24) is 5.32 Å². The molecule has 2 rings (SSSR count). The fourth-order valence-electron chi connectivity index (χ4n) is 1.91. The summed E-state index contributed by atoms with van der Waals surface area (Å²) < 4.78 is 5.11. The Hall–Kier alpha value is -1.71. The molecular formula is C14H21N3O. The van der Waals surface area contributed by atoms with Crippen LogP contribution < -0.4 is 15.8 Å². The molecule has 18 heavy (non-hydrogen) atoms. The Balaban J connectivity index is 1.76. The fraction of sp³-hybridized carbons (Fsp3) is 0.500. The number of guanidine groups is 1. The molecule has 98 valence electrons. The summed E-state index contributed by atoms with van der Waals surface area (Å²) in [5.74, 6) is 2.19. The van der Waals surface area contributed by atoms with Crippen molar-refractivity contribution in [3.63, 3.8) is 0 Å². The molecule has 0 bridgehead atoms. The minimum Gasteiger partial charge on any atom is -0.497 e. The minimum absolute atomic E-state index is 0.540. The third-order valence-corrected chi connectivity index (χ3v) is 3.39. The number of hydrogen-bond acceptors (Lipinski definition) is 2. The molecule has 4 nitrogen and oxygen atoms in total. The Kier molecular flexibility index (Phi) is 4.45. The first-order valence-electron chi connectivity index (χ1n) is 6.44. The van der Waals surface area contributed by atoms with Crippen LogP contribution in [0.25, 0.3) is 0 Å². The molecule has 1 aromatic rings. The molecule has 1 fully saturated rings. The summed E-state index contributed by atoms with van der Waals surface area (Å²) >= 11 is 0. The standard InChI is InChI=1S/C14H21N3O/c1-18-13-7-5-12(6-8-13)10-17-14(15)16-9-11-3-2-4-11/h5-8,11H,2-4,9-10H2,1H3,(H3,15,16,17). The Bertz CT molecular complexity index is 396. The van der Waals surface area contributed by atoms with E-state index < -0.39 is 0 Å². The lowest BCUT2D eigenvalue weighted by Gasteiger charge is -2.25. The van der Waals surface area contributed by atoms with Crippen LogP contribution >= 0.6 is 0 Å². The molecule has 0 spiro atoms. The van der Waals surface area contributed by atoms with Gasteiger partial charge in [-0.1, -0.05) is 18.6 Å². The van der Waals surface area contributed by atoms with E-state index in [-0.39, 0.29) is 0 Å². The molecule has 0 amide bonds. The Morgan fingerprint density at radius 3 is 2.67 bits per heavy atom. The molecule has 1 aliphatic rings. The quantitative estimate of drug-likeness (QED) is 0.617. The number of ether oxygens (including phenoxy) is 1. The number of rotatable bonds is 5. The van der Waals surface area contributed by atoms with Crippen molar-refractivity contribution in [1.29, 1.82) is 0 Å². The van der Waals surface area contributed by atoms with Gasteiger partial charge in [0.25, 0.3) is 0 Å². The van der Waals surface area contributed by atoms with Gasteiger partial charge in [0.05, 0.1) is 13.7 Å². The lowest BCUT2D eigenvalue weighted by molar-refractivity contribution is 0.315. The number of methoxy groups -OCH3 is 1. The van der Waals surface area contributed by atoms with Gasteiger partial charge in [0, 0.05) is 6.54 Å². The van der Waals surface area contributed by atoms with E-state index in [1.165, 1.54) is 19.3 Å². The van der Waals surface area contributed by atoms with Crippen LogP contribution in [0.1, 0.15) is 24.8 Å². The van der Waals surface area contributed by atoms with Gasteiger partial charge in [0.15, 0.2) is 5.96 Å². The number of benzene rings is 1. The van der Waals surface area contributed by atoms with Crippen molar-refractivity contribution >= 4 is 5.96 Å². The molecular weight excluding hydrogens is 226 g/mol. The summed E-state index contributed by atoms with van der Waals surface area (Å²) in [6.45, 7) is 1.56. The van der Waals surface area contributed by atoms with Crippen LogP contribution in [0, 0.1) is 5.92 Å². The number of hydrogen-bond donors (Lipinski definition) is 2. The average molecular weight is 247 g/mol. The lowest BCUT2D eigenvalue weighted by atomic mass is 9.85. The van der Waals surface area contributed by atoms with Gasteiger partial charge >= 0.3 is 0 Å². The average Bonchev–Trinajstić information content (AvgIpc) is 2.35. The maximum absolute atomic E-state index is 5.82. The summed E-state index contributed by atoms with van der Waals surface area (Å²) in [5, 5.41) is 3.18. The number of nitrogens with one attached hydrogen (secondary N) is 1. The molecule has 0 atom stereocenters. The first kappa shape index (κ1) is 12.7. The second-order valence-corrected chi connectivity index (χ2v) is 4.73. The van der Waals surface area contributed by atoms with Crippen LogP contribution in [-0.4, -0.2) is 19.6 Å². The summed E-state index contributed by atoms with van der Waals surface area (Å²) in [6.07, 6.45) is 3.99. The molecule has 0 unspecified atom stereocenters. The van der Waals surface area contributed by atoms with Gasteiger partial charge in [-0.15, -0.1) is 0 Å². The monoisotopic (exact) mass is 247 g/mol. The van der Waals surface area contributed by atoms with Crippen molar-refractivity contribution in [2.45, 2.75) is 25.8 Å². The highest BCUT2D eigenvalue weighted by atomic mass is 16.5. The van der Waals surface area contributed by atoms with Gasteiger partial charge in [0.2, 0.25) is 0 Å². The normalized spacial score (nSPS) is 16.2. The zero-order chi connectivity index (χ0) is 12.8. The lowest BCUT2D eigenvalue weighted by Crippen LogP contribution is -2.37. The van der Waals surface area contributed by atoms with E-state index >= 15 is 0 Å². The summed E-state index contributed by atoms with van der Waals surface area (Å²) in [5.41, 5.74) is 6.95. The predicted octanol–water partition coefficient (Wildman–Crippen LogP) is 1.90. The van der Waals surface area contributed by atoms with Crippen LogP contribution in [0.3, 0.4) is 0 Å². The molecule has 3 N–H and O–H groups in total. The first-order valence-corrected chi connectivity index (χ1v) is 6.44. The molecule has 0 aliphatic heterocycles. The molecule has 1 aliphatic carbocycles. The fourth-order valence-corrected chi connectivity index (χ4v) is 1.91. The van der Waals surface area contributed by atoms with Crippen molar-refractivity contribution in [2.75, 3.05) is 13.7 Å². The van der Waals surface area contributed by atoms with E-state index in [0.29, 0.717) is 12.5 Å². The largest absolute Gasteiger partial charge is 0.497 e. The number of aliphatic imine (C=N–C) groups is 1. The summed E-state index contributed by atoms with van der Waals surface area (Å²) in [7, 11) is 1.66. The smallest absolute Gasteiger partial charge is 0.188 e. The maximum Gasteiger partial charge on any atom is 0.188 e. The summed E-state index contributed by atoms with van der Waals surface area (Å²) in [6, 6.07) is 7.87. The van der Waals surface area contributed by atoms with Crippen molar-refractivity contribution in [3.05, 3.63) is 29.8 Å². The number of nitrogens with two attached hydrogens (primary N) is 1. The SMILES string of the molecule is COc1ccc(CN=C(N)NCC2CCC2)cc1. The molecule has 0 heterocycles. The van der Waals surface area contributed by atoms with Crippen LogP contribution in [0.4, 0.5) is 0 Å². The highest BCUT2D eigenvalue weighted by molar-refractivity contribution is 5.77. The van der Waals surface area contributed by atoms with Crippen LogP contribution in [0.15, 0.2) is 29.3 Å². The Morgan fingerprint density at radius 2 is 2.11 bits per heavy atom. The van der Waals surface area contributed by atoms with E-state index in [4.69, 9.17) is 10.5 Å². The van der Waals surface area contributed by atoms with Gasteiger partial charge in [-0.05, 0) is 36.5 Å². The van der Waals surface area contributed by atoms with Gasteiger partial charge in [-0.25, -0.2) is 4.99 Å². The van der Waals surface area contributed by atoms with E-state index in [1.807, 2.05) is 24.3 Å². The van der Waals surface area contributed by atoms with Crippen molar-refractivity contribution in [2.24, 2.45) is 16.6 Å². The minimum atomic E-state index is 0.540. The highest BCUT2D eigenvalue weighted by Gasteiger charge is 2.16. The Morgan fingerprint density at radius 1 is 1.39 bits per heavy atom. The third kappa shape index (κ3) is 3.65. The molecule has 0 radical (unpaired) electrons. The van der Waals surface area contributed by atoms with Gasteiger partial charge in [-0.2, -0.15) is 0 Å². The topological polar surface area (TPSA) is 59.6 Å². The van der Waals surface area contributed by atoms with E-state index in [0.717, 1.165) is 23.8 Å². The van der Waals surface area contributed by atoms with Crippen LogP contribution in [-0.2, 0) is 6.54 Å². The zero-order valence-electron chi connectivity index (χ0n) is 10.9. The molecule has 0 aromatic heterocycles. The third-order valence-electron chi connectivity index (χ3n) is 3.39. The zero-order valence-corrected chi connectivity index (χ0v) is 10.9. The van der Waals surface area contributed by atoms with E-state index in [1.54, 1.807) is 7.11 Å². The summed E-state index contributed by atoms with van der Waals surface area (Å²) in [4.78, 5) is 4.32. The highest BCUT2D eigenvalue weighted by Crippen LogP contribution is 2.24. The van der Waals surface area contributed by atoms with Crippen molar-refractivity contribution < 1.29 is 4.74 Å². The maximum atomic E-state index is 5.82. The van der Waals surface area contributed by atoms with Crippen LogP contribution in [0.2, 0.25) is 0 Å². The van der Waals surface area contributed by atoms with Crippen LogP contribution in [0.5, 0.6) is 5.75 Å². The van der Waals surface area contributed by atoms with Gasteiger partial charge in [0.1, 0.15) is 5.75 Å². The molecule has 1 aromatic carbocycles.